The van der Waals surface area contributed by atoms with Gasteiger partial charge in [-0.1, -0.05) is 6.07 Å². The molecule has 1 saturated carbocycles. The first-order valence-electron chi connectivity index (χ1n) is 11.3. The fraction of sp³-hybridized carbons (Fsp3) is 0.545. The van der Waals surface area contributed by atoms with Gasteiger partial charge in [-0.25, -0.2) is 23.2 Å². The van der Waals surface area contributed by atoms with Crippen molar-refractivity contribution < 1.29 is 18.8 Å². The number of ether oxygens (including phenoxy) is 1. The molecule has 2 heterocycles. The first kappa shape index (κ1) is 20.0. The summed E-state index contributed by atoms with van der Waals surface area (Å²) in [6.45, 7) is 1.09. The maximum absolute atomic E-state index is 13.1. The van der Waals surface area contributed by atoms with Gasteiger partial charge in [-0.15, -0.1) is 0 Å². The first-order chi connectivity index (χ1) is 15.4. The minimum absolute atomic E-state index is 0.00940. The average Bonchev–Trinajstić information content (AvgIpc) is 3.18. The summed E-state index contributed by atoms with van der Waals surface area (Å²) < 4.78 is 31.0. The van der Waals surface area contributed by atoms with E-state index in [1.165, 1.54) is 17.3 Å². The largest absolute Gasteiger partial charge is 0.477 e. The number of benzene rings is 1. The lowest BCUT2D eigenvalue weighted by atomic mass is 9.89. The normalized spacial score (nSPS) is 24.0. The highest BCUT2D eigenvalue weighted by Crippen LogP contribution is 2.56. The number of hydrogen-bond acceptors (Lipinski definition) is 6. The molecule has 10 heteroatoms. The number of fused-ring (bicyclic) bond motifs is 3. The second-order valence-corrected chi connectivity index (χ2v) is 11.1. The second-order valence-electron chi connectivity index (χ2n) is 9.36. The molecule has 2 atom stereocenters. The Bertz CT molecular complexity index is 1230. The molecular formula is C22H27N5O4S. The second kappa shape index (κ2) is 6.95. The Hall–Kier alpha value is -2.59. The molecule has 32 heavy (non-hydrogen) atoms. The number of rotatable bonds is 4. The number of nitrogens with zero attached hydrogens (tertiary/aromatic N) is 2. The van der Waals surface area contributed by atoms with Crippen LogP contribution in [0.3, 0.4) is 0 Å². The molecule has 0 spiro atoms. The van der Waals surface area contributed by atoms with Gasteiger partial charge in [0.1, 0.15) is 4.90 Å². The average molecular weight is 458 g/mol. The van der Waals surface area contributed by atoms with E-state index >= 15 is 0 Å². The number of nitrogens with one attached hydrogen (secondary N) is 3. The van der Waals surface area contributed by atoms with Crippen molar-refractivity contribution in [2.24, 2.45) is 0 Å². The molecule has 0 radical (unpaired) electrons. The van der Waals surface area contributed by atoms with E-state index in [4.69, 9.17) is 9.52 Å². The van der Waals surface area contributed by atoms with Crippen LogP contribution in [0.15, 0.2) is 17.2 Å². The van der Waals surface area contributed by atoms with Crippen molar-refractivity contribution in [3.05, 3.63) is 34.5 Å². The predicted octanol–water partition coefficient (Wildman–Crippen LogP) is 2.85. The van der Waals surface area contributed by atoms with Crippen LogP contribution in [0.5, 0.6) is 5.88 Å². The number of urea groups is 1. The van der Waals surface area contributed by atoms with E-state index in [2.05, 4.69) is 21.2 Å². The Kier molecular flexibility index (Phi) is 4.36. The van der Waals surface area contributed by atoms with Gasteiger partial charge in [-0.05, 0) is 67.2 Å². The minimum atomic E-state index is -3.66. The number of aryl methyl sites for hydroxylation is 3. The number of hydrogen-bond donors (Lipinski definition) is 4. The lowest BCUT2D eigenvalue weighted by Crippen LogP contribution is -2.35. The van der Waals surface area contributed by atoms with Gasteiger partial charge in [-0.3, -0.25) is 0 Å². The zero-order chi connectivity index (χ0) is 22.1. The summed E-state index contributed by atoms with van der Waals surface area (Å²) in [5.74, 6) is 0.296. The quantitative estimate of drug-likeness (QED) is 0.561. The minimum Gasteiger partial charge on any atom is -0.477 e. The van der Waals surface area contributed by atoms with E-state index in [9.17, 15) is 14.1 Å². The lowest BCUT2D eigenvalue weighted by molar-refractivity contribution is 0.118. The summed E-state index contributed by atoms with van der Waals surface area (Å²) in [6, 6.07) is 1.56. The van der Waals surface area contributed by atoms with E-state index in [0.717, 1.165) is 68.2 Å². The molecule has 1 aromatic carbocycles. The number of carbonyl (C=O) groups is 1. The van der Waals surface area contributed by atoms with Crippen LogP contribution in [-0.2, 0) is 35.7 Å². The number of anilines is 1. The molecule has 6 rings (SSSR count). The fourth-order valence-corrected chi connectivity index (χ4v) is 6.62. The molecule has 4 N–H and O–H groups in total. The zero-order valence-electron chi connectivity index (χ0n) is 17.8. The Morgan fingerprint density at radius 1 is 1.28 bits per heavy atom. The van der Waals surface area contributed by atoms with Crippen molar-refractivity contribution in [3.63, 3.8) is 0 Å². The van der Waals surface area contributed by atoms with Crippen molar-refractivity contribution in [1.82, 2.24) is 14.5 Å². The summed E-state index contributed by atoms with van der Waals surface area (Å²) in [5.41, 5.74) is 4.65. The van der Waals surface area contributed by atoms with E-state index in [-0.39, 0.29) is 16.7 Å². The molecule has 3 aliphatic carbocycles. The summed E-state index contributed by atoms with van der Waals surface area (Å²) in [7, 11) is -3.66. The highest BCUT2D eigenvalue weighted by molar-refractivity contribution is 7.91. The summed E-state index contributed by atoms with van der Waals surface area (Å²) in [4.78, 5) is 13.1. The first-order valence-corrected chi connectivity index (χ1v) is 12.9. The van der Waals surface area contributed by atoms with Crippen LogP contribution in [0.1, 0.15) is 60.3 Å². The maximum atomic E-state index is 13.1. The van der Waals surface area contributed by atoms with Crippen LogP contribution in [0.4, 0.5) is 10.5 Å². The van der Waals surface area contributed by atoms with Crippen LogP contribution in [0, 0.1) is 4.78 Å². The molecule has 2 unspecified atom stereocenters. The predicted molar refractivity (Wildman–Crippen MR) is 117 cm³/mol. The van der Waals surface area contributed by atoms with Crippen molar-refractivity contribution in [1.29, 1.82) is 4.78 Å². The van der Waals surface area contributed by atoms with Gasteiger partial charge >= 0.3 is 6.03 Å². The van der Waals surface area contributed by atoms with Crippen LogP contribution in [0.2, 0.25) is 0 Å². The van der Waals surface area contributed by atoms with Crippen molar-refractivity contribution in [2.45, 2.75) is 74.3 Å². The SMILES string of the molecule is N=S(=O)(NC(=O)Nc1c2c(cc3c1C(C1(O)CC1)CC3)CCC2)c1cnn2c1OCCC2. The Morgan fingerprint density at radius 3 is 2.94 bits per heavy atom. The highest BCUT2D eigenvalue weighted by Gasteiger charge is 2.51. The standard InChI is InChI=1S/C22H27N5O4S/c23-32(30,17-12-24-27-9-2-10-31-20(17)27)26-21(28)25-19-15-4-1-3-13(15)11-14-5-6-16(18(14)19)22(29)7-8-22/h11-12,16,29H,1-10H2,(H3,23,25,26,28,30). The van der Waals surface area contributed by atoms with Gasteiger partial charge in [0.05, 0.1) is 18.4 Å². The third-order valence-electron chi connectivity index (χ3n) is 7.29. The van der Waals surface area contributed by atoms with Gasteiger partial charge in [0.2, 0.25) is 5.88 Å². The number of amides is 2. The Balaban J connectivity index is 1.31. The van der Waals surface area contributed by atoms with Crippen molar-refractivity contribution in [3.8, 4) is 5.88 Å². The van der Waals surface area contributed by atoms with Crippen LogP contribution in [0.25, 0.3) is 0 Å². The maximum Gasteiger partial charge on any atom is 0.331 e. The summed E-state index contributed by atoms with van der Waals surface area (Å²) >= 11 is 0. The van der Waals surface area contributed by atoms with E-state index < -0.39 is 21.5 Å². The van der Waals surface area contributed by atoms with E-state index in [1.807, 2.05) is 0 Å². The molecule has 0 saturated heterocycles. The third-order valence-corrected chi connectivity index (χ3v) is 8.66. The van der Waals surface area contributed by atoms with Gasteiger partial charge in [0, 0.05) is 24.6 Å². The molecule has 170 valence electrons. The Labute approximate surface area is 186 Å². The number of aliphatic hydroxyl groups is 1. The monoisotopic (exact) mass is 457 g/mol. The topological polar surface area (TPSA) is 129 Å². The van der Waals surface area contributed by atoms with E-state index in [1.54, 1.807) is 4.68 Å². The lowest BCUT2D eigenvalue weighted by Gasteiger charge is -2.24. The third kappa shape index (κ3) is 3.11. The molecule has 2 aromatic rings. The van der Waals surface area contributed by atoms with Crippen LogP contribution in [-0.4, -0.2) is 37.3 Å². The molecule has 1 aromatic heterocycles. The summed E-state index contributed by atoms with van der Waals surface area (Å²) in [5, 5.41) is 18.0. The van der Waals surface area contributed by atoms with Crippen LogP contribution >= 0.6 is 0 Å². The molecule has 1 aliphatic heterocycles. The smallest absolute Gasteiger partial charge is 0.331 e. The molecule has 1 fully saturated rings. The molecule has 2 amide bonds. The highest BCUT2D eigenvalue weighted by atomic mass is 32.2. The summed E-state index contributed by atoms with van der Waals surface area (Å²) in [6.07, 6.45) is 8.33. The molecular weight excluding hydrogens is 430 g/mol. The number of aromatic nitrogens is 2. The van der Waals surface area contributed by atoms with E-state index in [0.29, 0.717) is 13.2 Å². The van der Waals surface area contributed by atoms with Gasteiger partial charge in [0.15, 0.2) is 9.92 Å². The van der Waals surface area contributed by atoms with Gasteiger partial charge in [0.25, 0.3) is 0 Å². The number of carbonyl (C=O) groups excluding carboxylic acids is 1. The van der Waals surface area contributed by atoms with Crippen molar-refractivity contribution >= 4 is 21.6 Å². The zero-order valence-corrected chi connectivity index (χ0v) is 18.6. The molecule has 9 nitrogen and oxygen atoms in total. The Morgan fingerprint density at radius 2 is 2.12 bits per heavy atom. The molecule has 0 bridgehead atoms. The van der Waals surface area contributed by atoms with Crippen molar-refractivity contribution in [2.75, 3.05) is 11.9 Å². The van der Waals surface area contributed by atoms with Gasteiger partial charge < -0.3 is 15.2 Å². The van der Waals surface area contributed by atoms with Gasteiger partial charge in [-0.2, -0.15) is 5.10 Å². The van der Waals surface area contributed by atoms with Crippen LogP contribution < -0.4 is 14.8 Å². The fourth-order valence-electron chi connectivity index (χ4n) is 5.60. The molecule has 4 aliphatic rings.